The zero-order chi connectivity index (χ0) is 9.42. The highest BCUT2D eigenvalue weighted by atomic mass is 127. The van der Waals surface area contributed by atoms with Crippen molar-refractivity contribution in [2.24, 2.45) is 0 Å². The molecule has 0 amide bonds. The largest absolute Gasteiger partial charge is 0.242 e. The third kappa shape index (κ3) is 1.68. The molecule has 0 unspecified atom stereocenters. The maximum absolute atomic E-state index is 4.46. The van der Waals surface area contributed by atoms with Crippen LogP contribution < -0.4 is 0 Å². The molecule has 0 atom stereocenters. The summed E-state index contributed by atoms with van der Waals surface area (Å²) in [5.41, 5.74) is 3.69. The molecule has 0 bridgehead atoms. The minimum atomic E-state index is 1.06. The SMILES string of the molecule is Cc1ccc2nc(I)cc(C)c2c1. The van der Waals surface area contributed by atoms with Gasteiger partial charge in [0.05, 0.1) is 5.52 Å². The molecule has 2 heteroatoms. The number of aromatic nitrogens is 1. The molecule has 0 saturated heterocycles. The molecule has 66 valence electrons. The van der Waals surface area contributed by atoms with Crippen LogP contribution in [0.3, 0.4) is 0 Å². The van der Waals surface area contributed by atoms with Crippen LogP contribution in [0.15, 0.2) is 24.3 Å². The summed E-state index contributed by atoms with van der Waals surface area (Å²) in [5, 5.41) is 1.26. The summed E-state index contributed by atoms with van der Waals surface area (Å²) in [4.78, 5) is 4.46. The van der Waals surface area contributed by atoms with E-state index < -0.39 is 0 Å². The molecule has 0 aliphatic carbocycles. The van der Waals surface area contributed by atoms with Crippen LogP contribution in [-0.4, -0.2) is 4.98 Å². The van der Waals surface area contributed by atoms with Gasteiger partial charge in [0.1, 0.15) is 3.70 Å². The zero-order valence-corrected chi connectivity index (χ0v) is 9.79. The van der Waals surface area contributed by atoms with Gasteiger partial charge in [-0.05, 0) is 60.2 Å². The number of pyridine rings is 1. The van der Waals surface area contributed by atoms with Crippen molar-refractivity contribution >= 4 is 33.5 Å². The van der Waals surface area contributed by atoms with Crippen LogP contribution in [-0.2, 0) is 0 Å². The average Bonchev–Trinajstić information content (AvgIpc) is 2.06. The number of aryl methyl sites for hydroxylation is 2. The third-order valence-corrected chi connectivity index (χ3v) is 2.69. The van der Waals surface area contributed by atoms with Crippen LogP contribution in [0.25, 0.3) is 10.9 Å². The number of benzene rings is 1. The minimum Gasteiger partial charge on any atom is -0.242 e. The van der Waals surface area contributed by atoms with E-state index in [2.05, 4.69) is 65.7 Å². The number of nitrogens with zero attached hydrogens (tertiary/aromatic N) is 1. The molecule has 0 radical (unpaired) electrons. The van der Waals surface area contributed by atoms with Gasteiger partial charge in [-0.1, -0.05) is 11.6 Å². The van der Waals surface area contributed by atoms with Gasteiger partial charge in [0.25, 0.3) is 0 Å². The van der Waals surface area contributed by atoms with E-state index in [4.69, 9.17) is 0 Å². The molecule has 13 heavy (non-hydrogen) atoms. The highest BCUT2D eigenvalue weighted by Gasteiger charge is 2.00. The van der Waals surface area contributed by atoms with Crippen molar-refractivity contribution in [2.75, 3.05) is 0 Å². The summed E-state index contributed by atoms with van der Waals surface area (Å²) < 4.78 is 1.06. The van der Waals surface area contributed by atoms with Crippen molar-refractivity contribution in [2.45, 2.75) is 13.8 Å². The smallest absolute Gasteiger partial charge is 0.102 e. The van der Waals surface area contributed by atoms with Crippen LogP contribution >= 0.6 is 22.6 Å². The topological polar surface area (TPSA) is 12.9 Å². The van der Waals surface area contributed by atoms with E-state index in [1.54, 1.807) is 0 Å². The predicted molar refractivity (Wildman–Crippen MR) is 63.9 cm³/mol. The van der Waals surface area contributed by atoms with E-state index in [0.717, 1.165) is 9.22 Å². The molecule has 0 fully saturated rings. The molecular formula is C11H10IN. The second kappa shape index (κ2) is 3.25. The lowest BCUT2D eigenvalue weighted by Crippen LogP contribution is -1.87. The van der Waals surface area contributed by atoms with Gasteiger partial charge in [-0.15, -0.1) is 0 Å². The number of rotatable bonds is 0. The number of fused-ring (bicyclic) bond motifs is 1. The van der Waals surface area contributed by atoms with Gasteiger partial charge in [-0.25, -0.2) is 4.98 Å². The molecule has 1 heterocycles. The van der Waals surface area contributed by atoms with Crippen molar-refractivity contribution in [1.82, 2.24) is 4.98 Å². The molecule has 0 aliphatic rings. The molecule has 2 rings (SSSR count). The standard InChI is InChI=1S/C11H10IN/c1-7-3-4-10-9(5-7)8(2)6-11(12)13-10/h3-6H,1-2H3. The van der Waals surface area contributed by atoms with Gasteiger partial charge in [-0.3, -0.25) is 0 Å². The fourth-order valence-electron chi connectivity index (χ4n) is 1.47. The van der Waals surface area contributed by atoms with Gasteiger partial charge < -0.3 is 0 Å². The molecule has 0 N–H and O–H groups in total. The fraction of sp³-hybridized carbons (Fsp3) is 0.182. The zero-order valence-electron chi connectivity index (χ0n) is 7.63. The van der Waals surface area contributed by atoms with Gasteiger partial charge in [0, 0.05) is 5.39 Å². The normalized spacial score (nSPS) is 10.7. The Morgan fingerprint density at radius 2 is 1.92 bits per heavy atom. The first kappa shape index (κ1) is 8.94. The Kier molecular flexibility index (Phi) is 2.24. The summed E-state index contributed by atoms with van der Waals surface area (Å²) >= 11 is 2.25. The number of hydrogen-bond acceptors (Lipinski definition) is 1. The molecule has 1 aromatic heterocycles. The van der Waals surface area contributed by atoms with Gasteiger partial charge in [0.2, 0.25) is 0 Å². The van der Waals surface area contributed by atoms with Crippen molar-refractivity contribution in [1.29, 1.82) is 0 Å². The van der Waals surface area contributed by atoms with E-state index in [1.165, 1.54) is 16.5 Å². The van der Waals surface area contributed by atoms with Crippen LogP contribution in [0.1, 0.15) is 11.1 Å². The second-order valence-electron chi connectivity index (χ2n) is 3.28. The van der Waals surface area contributed by atoms with Crippen LogP contribution in [0.5, 0.6) is 0 Å². The molecule has 1 aromatic carbocycles. The van der Waals surface area contributed by atoms with Crippen LogP contribution in [0.4, 0.5) is 0 Å². The Hall–Kier alpha value is -0.640. The Bertz CT molecular complexity index is 463. The fourth-order valence-corrected chi connectivity index (χ4v) is 2.19. The second-order valence-corrected chi connectivity index (χ2v) is 4.39. The molecule has 2 aromatic rings. The van der Waals surface area contributed by atoms with Crippen molar-refractivity contribution in [3.05, 3.63) is 39.1 Å². The Morgan fingerprint density at radius 1 is 1.15 bits per heavy atom. The van der Waals surface area contributed by atoms with E-state index in [0.29, 0.717) is 0 Å². The summed E-state index contributed by atoms with van der Waals surface area (Å²) in [5.74, 6) is 0. The van der Waals surface area contributed by atoms with E-state index in [1.807, 2.05) is 0 Å². The predicted octanol–water partition coefficient (Wildman–Crippen LogP) is 3.46. The van der Waals surface area contributed by atoms with Crippen LogP contribution in [0.2, 0.25) is 0 Å². The van der Waals surface area contributed by atoms with Gasteiger partial charge >= 0.3 is 0 Å². The van der Waals surface area contributed by atoms with E-state index in [-0.39, 0.29) is 0 Å². The minimum absolute atomic E-state index is 1.06. The monoisotopic (exact) mass is 283 g/mol. The first-order valence-electron chi connectivity index (χ1n) is 4.20. The summed E-state index contributed by atoms with van der Waals surface area (Å²) in [7, 11) is 0. The quantitative estimate of drug-likeness (QED) is 0.533. The summed E-state index contributed by atoms with van der Waals surface area (Å²) in [6.07, 6.45) is 0. The first-order chi connectivity index (χ1) is 6.16. The Balaban J connectivity index is 2.87. The van der Waals surface area contributed by atoms with Crippen molar-refractivity contribution < 1.29 is 0 Å². The summed E-state index contributed by atoms with van der Waals surface area (Å²) in [6, 6.07) is 8.49. The summed E-state index contributed by atoms with van der Waals surface area (Å²) in [6.45, 7) is 4.24. The average molecular weight is 283 g/mol. The molecule has 0 aliphatic heterocycles. The Morgan fingerprint density at radius 3 is 2.69 bits per heavy atom. The molecule has 0 spiro atoms. The molecular weight excluding hydrogens is 273 g/mol. The van der Waals surface area contributed by atoms with Crippen molar-refractivity contribution in [3.8, 4) is 0 Å². The molecule has 0 saturated carbocycles. The Labute approximate surface area is 91.3 Å². The lowest BCUT2D eigenvalue weighted by Gasteiger charge is -2.03. The maximum Gasteiger partial charge on any atom is 0.102 e. The third-order valence-electron chi connectivity index (χ3n) is 2.14. The maximum atomic E-state index is 4.46. The highest BCUT2D eigenvalue weighted by molar-refractivity contribution is 14.1. The van der Waals surface area contributed by atoms with Crippen molar-refractivity contribution in [3.63, 3.8) is 0 Å². The van der Waals surface area contributed by atoms with E-state index in [9.17, 15) is 0 Å². The van der Waals surface area contributed by atoms with Gasteiger partial charge in [0.15, 0.2) is 0 Å². The molecule has 1 nitrogen and oxygen atoms in total. The van der Waals surface area contributed by atoms with E-state index >= 15 is 0 Å². The van der Waals surface area contributed by atoms with Gasteiger partial charge in [-0.2, -0.15) is 0 Å². The number of halogens is 1. The number of hydrogen-bond donors (Lipinski definition) is 0. The first-order valence-corrected chi connectivity index (χ1v) is 5.28. The highest BCUT2D eigenvalue weighted by Crippen LogP contribution is 2.19. The lowest BCUT2D eigenvalue weighted by molar-refractivity contribution is 1.30. The lowest BCUT2D eigenvalue weighted by atomic mass is 10.1. The van der Waals surface area contributed by atoms with Crippen LogP contribution in [0, 0.1) is 17.5 Å².